The largest absolute Gasteiger partial charge is 0.488 e. The first kappa shape index (κ1) is 22.1. The van der Waals surface area contributed by atoms with Crippen LogP contribution in [0, 0.1) is 11.3 Å². The average molecular weight is 449 g/mol. The van der Waals surface area contributed by atoms with E-state index in [9.17, 15) is 0 Å². The zero-order chi connectivity index (χ0) is 19.9. The van der Waals surface area contributed by atoms with Gasteiger partial charge in [0.25, 0.3) is 0 Å². The van der Waals surface area contributed by atoms with Crippen LogP contribution in [0.4, 0.5) is 0 Å². The van der Waals surface area contributed by atoms with Crippen molar-refractivity contribution in [2.75, 3.05) is 6.61 Å². The Balaban J connectivity index is 2.18. The molecule has 2 aromatic rings. The minimum absolute atomic E-state index is 0.0164. The lowest BCUT2D eigenvalue weighted by Crippen LogP contribution is -2.40. The second kappa shape index (κ2) is 10.4. The van der Waals surface area contributed by atoms with E-state index in [4.69, 9.17) is 9.16 Å². The van der Waals surface area contributed by atoms with Crippen LogP contribution in [0.1, 0.15) is 32.8 Å². The highest BCUT2D eigenvalue weighted by Crippen LogP contribution is 2.35. The number of pyridine rings is 1. The number of hydrogen-bond donors (Lipinski definition) is 0. The summed E-state index contributed by atoms with van der Waals surface area (Å²) in [7, 11) is -0.769. The van der Waals surface area contributed by atoms with Gasteiger partial charge in [-0.25, -0.2) is 0 Å². The Morgan fingerprint density at radius 3 is 2.37 bits per heavy atom. The Morgan fingerprint density at radius 2 is 1.81 bits per heavy atom. The fourth-order valence-corrected chi connectivity index (χ4v) is 3.98. The highest BCUT2D eigenvalue weighted by Gasteiger charge is 2.34. The van der Waals surface area contributed by atoms with Gasteiger partial charge in [0.2, 0.25) is 9.04 Å². The van der Waals surface area contributed by atoms with Crippen molar-refractivity contribution >= 4 is 25.0 Å². The molecule has 0 unspecified atom stereocenters. The third-order valence-corrected chi connectivity index (χ3v) is 5.94. The number of hydrogen-bond acceptors (Lipinski definition) is 3. The summed E-state index contributed by atoms with van der Waals surface area (Å²) in [5.74, 6) is 1.26. The molecule has 0 saturated carbocycles. The number of rotatable bonds is 9. The summed E-state index contributed by atoms with van der Waals surface area (Å²) < 4.78 is 13.6. The average Bonchev–Trinajstić information content (AvgIpc) is 2.61. The molecule has 1 heterocycles. The molecule has 147 valence electrons. The third kappa shape index (κ3) is 7.76. The molecule has 0 aliphatic carbocycles. The van der Waals surface area contributed by atoms with Crippen molar-refractivity contribution in [2.24, 2.45) is 11.3 Å². The molecule has 0 fully saturated rings. The second-order valence-corrected chi connectivity index (χ2v) is 11.2. The highest BCUT2D eigenvalue weighted by molar-refractivity contribution is 9.10. The summed E-state index contributed by atoms with van der Waals surface area (Å²) in [6, 6.07) is 12.2. The van der Waals surface area contributed by atoms with Gasteiger partial charge in [0.05, 0.1) is 6.61 Å². The number of halogens is 1. The van der Waals surface area contributed by atoms with Crippen LogP contribution in [0.5, 0.6) is 5.75 Å². The maximum atomic E-state index is 6.45. The Hall–Kier alpha value is -1.17. The molecular formula is C22H31BrNO2Si. The van der Waals surface area contributed by atoms with Crippen molar-refractivity contribution in [3.05, 3.63) is 58.8 Å². The first-order valence-electron chi connectivity index (χ1n) is 9.50. The van der Waals surface area contributed by atoms with E-state index in [1.54, 1.807) is 0 Å². The van der Waals surface area contributed by atoms with Crippen molar-refractivity contribution in [1.82, 2.24) is 4.98 Å². The van der Waals surface area contributed by atoms with Crippen molar-refractivity contribution in [1.29, 1.82) is 0 Å². The van der Waals surface area contributed by atoms with E-state index in [2.05, 4.69) is 60.8 Å². The maximum Gasteiger partial charge on any atom is 0.205 e. The summed E-state index contributed by atoms with van der Waals surface area (Å²) in [6.07, 6.45) is 5.83. The summed E-state index contributed by atoms with van der Waals surface area (Å²) in [6.45, 7) is 11.9. The predicted molar refractivity (Wildman–Crippen MR) is 117 cm³/mol. The molecule has 27 heavy (non-hydrogen) atoms. The third-order valence-electron chi connectivity index (χ3n) is 4.67. The normalized spacial score (nSPS) is 14.2. The topological polar surface area (TPSA) is 31.4 Å². The summed E-state index contributed by atoms with van der Waals surface area (Å²) >= 11 is 3.49. The monoisotopic (exact) mass is 448 g/mol. The molecule has 0 amide bonds. The Bertz CT molecular complexity index is 671. The number of aromatic nitrogens is 1. The molecule has 1 radical (unpaired) electrons. The van der Waals surface area contributed by atoms with Crippen molar-refractivity contribution in [3.63, 3.8) is 0 Å². The van der Waals surface area contributed by atoms with Gasteiger partial charge in [-0.15, -0.1) is 0 Å². The fraction of sp³-hybridized carbons (Fsp3) is 0.500. The van der Waals surface area contributed by atoms with Crippen molar-refractivity contribution in [2.45, 2.75) is 52.8 Å². The van der Waals surface area contributed by atoms with Crippen LogP contribution >= 0.6 is 15.9 Å². The highest BCUT2D eigenvalue weighted by atomic mass is 79.9. The molecule has 0 saturated heterocycles. The molecule has 2 rings (SSSR count). The molecule has 0 aliphatic heterocycles. The van der Waals surface area contributed by atoms with Gasteiger partial charge in [-0.2, -0.15) is 0 Å². The van der Waals surface area contributed by atoms with Crippen LogP contribution in [0.2, 0.25) is 13.1 Å². The van der Waals surface area contributed by atoms with Gasteiger partial charge >= 0.3 is 0 Å². The quantitative estimate of drug-likeness (QED) is 0.430. The molecule has 0 aliphatic rings. The van der Waals surface area contributed by atoms with Crippen LogP contribution in [0.25, 0.3) is 0 Å². The standard InChI is InChI=1S/C22H31BrNO2Si/c1-22(2,3)20(13-8-17-7-6-14-24-15-17)21(16-25-27(4)5)26-19-11-9-18(23)10-12-19/h6-7,9-12,14-15,20-21H,8,13,16H2,1-5H3/t20-,21+/m0/s1. The van der Waals surface area contributed by atoms with Crippen LogP contribution in [-0.4, -0.2) is 26.7 Å². The van der Waals surface area contributed by atoms with E-state index in [0.717, 1.165) is 23.1 Å². The lowest BCUT2D eigenvalue weighted by Gasteiger charge is -2.37. The Morgan fingerprint density at radius 1 is 1.11 bits per heavy atom. The van der Waals surface area contributed by atoms with Crippen molar-refractivity contribution < 1.29 is 9.16 Å². The molecule has 0 spiro atoms. The number of ether oxygens (including phenoxy) is 1. The first-order chi connectivity index (χ1) is 12.8. The van der Waals surface area contributed by atoms with Crippen LogP contribution in [0.3, 0.4) is 0 Å². The first-order valence-corrected chi connectivity index (χ1v) is 12.7. The number of nitrogens with zero attached hydrogens (tertiary/aromatic N) is 1. The smallest absolute Gasteiger partial charge is 0.205 e. The zero-order valence-electron chi connectivity index (χ0n) is 17.0. The van der Waals surface area contributed by atoms with Gasteiger partial charge in [0.15, 0.2) is 0 Å². The molecule has 1 aromatic heterocycles. The van der Waals surface area contributed by atoms with Gasteiger partial charge in [-0.1, -0.05) is 42.8 Å². The van der Waals surface area contributed by atoms with E-state index >= 15 is 0 Å². The van der Waals surface area contributed by atoms with Gasteiger partial charge in [0.1, 0.15) is 11.9 Å². The Kier molecular flexibility index (Phi) is 8.51. The van der Waals surface area contributed by atoms with Crippen molar-refractivity contribution in [3.8, 4) is 5.75 Å². The Labute approximate surface area is 174 Å². The van der Waals surface area contributed by atoms with Gasteiger partial charge in [0, 0.05) is 22.8 Å². The van der Waals surface area contributed by atoms with E-state index in [1.165, 1.54) is 5.56 Å². The molecule has 2 atom stereocenters. The maximum absolute atomic E-state index is 6.45. The number of aryl methyl sites for hydroxylation is 1. The summed E-state index contributed by atoms with van der Waals surface area (Å²) in [5.41, 5.74) is 1.38. The van der Waals surface area contributed by atoms with Gasteiger partial charge in [-0.05, 0) is 67.2 Å². The summed E-state index contributed by atoms with van der Waals surface area (Å²) in [5, 5.41) is 0. The molecule has 3 nitrogen and oxygen atoms in total. The SMILES string of the molecule is C[Si](C)OC[C@@H](Oc1ccc(Br)cc1)[C@H](CCc1cccnc1)C(C)(C)C. The fourth-order valence-electron chi connectivity index (χ4n) is 3.21. The minimum atomic E-state index is -0.769. The second-order valence-electron chi connectivity index (χ2n) is 8.20. The zero-order valence-corrected chi connectivity index (χ0v) is 19.6. The number of benzene rings is 1. The molecule has 5 heteroatoms. The lowest BCUT2D eigenvalue weighted by molar-refractivity contribution is 0.0220. The summed E-state index contributed by atoms with van der Waals surface area (Å²) in [4.78, 5) is 4.25. The minimum Gasteiger partial charge on any atom is -0.488 e. The van der Waals surface area contributed by atoms with E-state index in [0.29, 0.717) is 12.5 Å². The van der Waals surface area contributed by atoms with Crippen LogP contribution in [0.15, 0.2) is 53.3 Å². The van der Waals surface area contributed by atoms with E-state index in [-0.39, 0.29) is 11.5 Å². The predicted octanol–water partition coefficient (Wildman–Crippen LogP) is 6.15. The van der Waals surface area contributed by atoms with E-state index in [1.807, 2.05) is 42.7 Å². The molecule has 0 N–H and O–H groups in total. The lowest BCUT2D eigenvalue weighted by atomic mass is 9.74. The van der Waals surface area contributed by atoms with Crippen LogP contribution in [-0.2, 0) is 10.8 Å². The van der Waals surface area contributed by atoms with E-state index < -0.39 is 9.04 Å². The molecule has 1 aromatic carbocycles. The van der Waals surface area contributed by atoms with Crippen LogP contribution < -0.4 is 4.74 Å². The van der Waals surface area contributed by atoms with Gasteiger partial charge in [-0.3, -0.25) is 4.98 Å². The molecular weight excluding hydrogens is 418 g/mol. The molecule has 0 bridgehead atoms. The van der Waals surface area contributed by atoms with Gasteiger partial charge < -0.3 is 9.16 Å².